The Bertz CT molecular complexity index is 1310. The summed E-state index contributed by atoms with van der Waals surface area (Å²) in [6, 6.07) is 18.3. The highest BCUT2D eigenvalue weighted by Gasteiger charge is 2.41. The van der Waals surface area contributed by atoms with Crippen LogP contribution in [0.5, 0.6) is 11.5 Å². The Kier molecular flexibility index (Phi) is 9.44. The second-order valence-corrected chi connectivity index (χ2v) is 8.70. The van der Waals surface area contributed by atoms with Crippen molar-refractivity contribution in [3.8, 4) is 11.5 Å². The van der Waals surface area contributed by atoms with Crippen LogP contribution in [0.2, 0.25) is 0 Å². The molecule has 0 heterocycles. The van der Waals surface area contributed by atoms with Crippen LogP contribution in [0.4, 0.5) is 5.69 Å². The van der Waals surface area contributed by atoms with E-state index in [9.17, 15) is 24.3 Å². The lowest BCUT2D eigenvalue weighted by Gasteiger charge is -2.23. The molecule has 0 aromatic heterocycles. The average Bonchev–Trinajstić information content (AvgIpc) is 2.90. The summed E-state index contributed by atoms with van der Waals surface area (Å²) in [4.78, 5) is 51.0. The zero-order valence-electron chi connectivity index (χ0n) is 19.7. The van der Waals surface area contributed by atoms with Crippen molar-refractivity contribution in [3.63, 3.8) is 0 Å². The highest BCUT2D eigenvalue weighted by atomic mass is 127. The molecule has 0 aliphatic heterocycles. The molecule has 10 nitrogen and oxygen atoms in total. The SMILES string of the molecule is COc1cccc(C(=O)O[C@H](C(=O)Nc2cccc(I)c2)[C@@H](OC(=O)c2cccc(OC)c2)C(=O)O)c1. The Balaban J connectivity index is 1.93. The van der Waals surface area contributed by atoms with Gasteiger partial charge in [-0.25, -0.2) is 14.4 Å². The number of hydrogen-bond acceptors (Lipinski definition) is 8. The van der Waals surface area contributed by atoms with Crippen LogP contribution in [0, 0.1) is 3.57 Å². The molecule has 0 aliphatic rings. The van der Waals surface area contributed by atoms with Crippen LogP contribution in [0.1, 0.15) is 20.7 Å². The molecule has 3 rings (SSSR count). The van der Waals surface area contributed by atoms with Crippen LogP contribution in [-0.4, -0.2) is 55.3 Å². The lowest BCUT2D eigenvalue weighted by Crippen LogP contribution is -2.48. The van der Waals surface area contributed by atoms with Gasteiger partial charge in [0, 0.05) is 9.26 Å². The predicted octanol–water partition coefficient (Wildman–Crippen LogP) is 3.78. The average molecular weight is 619 g/mol. The quantitative estimate of drug-likeness (QED) is 0.257. The maximum Gasteiger partial charge on any atom is 0.349 e. The third-order valence-corrected chi connectivity index (χ3v) is 5.62. The van der Waals surface area contributed by atoms with Crippen molar-refractivity contribution in [1.82, 2.24) is 0 Å². The minimum Gasteiger partial charge on any atom is -0.497 e. The molecule has 0 aliphatic carbocycles. The van der Waals surface area contributed by atoms with Gasteiger partial charge in [0.25, 0.3) is 5.91 Å². The zero-order valence-corrected chi connectivity index (χ0v) is 21.8. The Morgan fingerprint density at radius 2 is 1.27 bits per heavy atom. The number of carboxylic acid groups (broad SMARTS) is 1. The molecule has 3 aromatic rings. The molecule has 3 aromatic carbocycles. The number of hydrogen-bond donors (Lipinski definition) is 2. The molecule has 2 atom stereocenters. The number of esters is 2. The summed E-state index contributed by atoms with van der Waals surface area (Å²) in [6.45, 7) is 0. The summed E-state index contributed by atoms with van der Waals surface area (Å²) in [7, 11) is 2.80. The third kappa shape index (κ3) is 7.43. The first kappa shape index (κ1) is 27.5. The molecular formula is C26H22INO9. The van der Waals surface area contributed by atoms with Crippen LogP contribution in [-0.2, 0) is 19.1 Å². The first-order valence-corrected chi connectivity index (χ1v) is 11.8. The number of anilines is 1. The van der Waals surface area contributed by atoms with E-state index in [1.54, 1.807) is 36.4 Å². The van der Waals surface area contributed by atoms with Gasteiger partial charge >= 0.3 is 17.9 Å². The van der Waals surface area contributed by atoms with Crippen LogP contribution in [0.15, 0.2) is 72.8 Å². The zero-order chi connectivity index (χ0) is 26.9. The van der Waals surface area contributed by atoms with E-state index < -0.39 is 36.0 Å². The van der Waals surface area contributed by atoms with E-state index >= 15 is 0 Å². The van der Waals surface area contributed by atoms with Crippen LogP contribution in [0.3, 0.4) is 0 Å². The van der Waals surface area contributed by atoms with Gasteiger partial charge in [-0.1, -0.05) is 18.2 Å². The number of carbonyl (C=O) groups excluding carboxylic acids is 3. The maximum absolute atomic E-state index is 13.2. The van der Waals surface area contributed by atoms with Crippen molar-refractivity contribution in [2.45, 2.75) is 12.2 Å². The molecule has 0 radical (unpaired) electrons. The van der Waals surface area contributed by atoms with Gasteiger partial charge in [-0.05, 0) is 77.2 Å². The standard InChI is InChI=1S/C26H22INO9/c1-34-19-10-3-6-15(12-19)25(32)36-21(23(29)28-18-9-5-8-17(27)14-18)22(24(30)31)37-26(33)16-7-4-11-20(13-16)35-2/h3-14,21-22H,1-2H3,(H,28,29)(H,30,31)/t21-,22+/m0/s1. The number of ether oxygens (including phenoxy) is 4. The number of carbonyl (C=O) groups is 4. The minimum absolute atomic E-state index is 0.00493. The van der Waals surface area contributed by atoms with Gasteiger partial charge in [-0.2, -0.15) is 0 Å². The summed E-state index contributed by atoms with van der Waals surface area (Å²) >= 11 is 2.03. The van der Waals surface area contributed by atoms with Gasteiger partial charge < -0.3 is 29.4 Å². The molecule has 0 saturated carbocycles. The summed E-state index contributed by atoms with van der Waals surface area (Å²) in [5.41, 5.74) is 0.291. The number of methoxy groups -OCH3 is 2. The van der Waals surface area contributed by atoms with E-state index in [-0.39, 0.29) is 11.1 Å². The fraction of sp³-hybridized carbons (Fsp3) is 0.154. The van der Waals surface area contributed by atoms with Crippen molar-refractivity contribution < 1.29 is 43.2 Å². The first-order valence-electron chi connectivity index (χ1n) is 10.7. The van der Waals surface area contributed by atoms with E-state index in [0.717, 1.165) is 3.57 Å². The molecule has 1 amide bonds. The van der Waals surface area contributed by atoms with E-state index in [2.05, 4.69) is 5.32 Å². The van der Waals surface area contributed by atoms with E-state index in [0.29, 0.717) is 17.2 Å². The highest BCUT2D eigenvalue weighted by molar-refractivity contribution is 14.1. The van der Waals surface area contributed by atoms with Gasteiger partial charge in [0.15, 0.2) is 0 Å². The predicted molar refractivity (Wildman–Crippen MR) is 140 cm³/mol. The van der Waals surface area contributed by atoms with Crippen molar-refractivity contribution in [1.29, 1.82) is 0 Å². The third-order valence-electron chi connectivity index (χ3n) is 4.95. The van der Waals surface area contributed by atoms with Crippen molar-refractivity contribution in [3.05, 3.63) is 87.5 Å². The molecular weight excluding hydrogens is 597 g/mol. The molecule has 0 bridgehead atoms. The summed E-state index contributed by atoms with van der Waals surface area (Å²) < 4.78 is 21.4. The highest BCUT2D eigenvalue weighted by Crippen LogP contribution is 2.20. The van der Waals surface area contributed by atoms with Crippen LogP contribution in [0.25, 0.3) is 0 Å². The van der Waals surface area contributed by atoms with Crippen molar-refractivity contribution in [2.24, 2.45) is 0 Å². The van der Waals surface area contributed by atoms with E-state index in [1.165, 1.54) is 50.6 Å². The smallest absolute Gasteiger partial charge is 0.349 e. The largest absolute Gasteiger partial charge is 0.497 e. The lowest BCUT2D eigenvalue weighted by atomic mass is 10.1. The summed E-state index contributed by atoms with van der Waals surface area (Å²) in [6.07, 6.45) is -4.21. The number of aliphatic carboxylic acids is 1. The van der Waals surface area contributed by atoms with Gasteiger partial charge in [0.05, 0.1) is 25.3 Å². The molecule has 0 saturated heterocycles. The van der Waals surface area contributed by atoms with E-state index in [1.807, 2.05) is 22.6 Å². The maximum atomic E-state index is 13.2. The number of carboxylic acids is 1. The topological polar surface area (TPSA) is 137 Å². The van der Waals surface area contributed by atoms with Crippen molar-refractivity contribution >= 4 is 52.1 Å². The Hall–Kier alpha value is -4.13. The Morgan fingerprint density at radius 3 is 1.76 bits per heavy atom. The minimum atomic E-state index is -2.17. The fourth-order valence-electron chi connectivity index (χ4n) is 3.14. The summed E-state index contributed by atoms with van der Waals surface area (Å²) in [5, 5.41) is 12.4. The number of benzene rings is 3. The Morgan fingerprint density at radius 1 is 0.757 bits per heavy atom. The van der Waals surface area contributed by atoms with E-state index in [4.69, 9.17) is 18.9 Å². The molecule has 0 fully saturated rings. The van der Waals surface area contributed by atoms with Crippen LogP contribution >= 0.6 is 22.6 Å². The van der Waals surface area contributed by atoms with Crippen LogP contribution < -0.4 is 14.8 Å². The lowest BCUT2D eigenvalue weighted by molar-refractivity contribution is -0.157. The van der Waals surface area contributed by atoms with Gasteiger partial charge in [-0.3, -0.25) is 4.79 Å². The molecule has 2 N–H and O–H groups in total. The first-order chi connectivity index (χ1) is 17.7. The van der Waals surface area contributed by atoms with Gasteiger partial charge in [-0.15, -0.1) is 0 Å². The fourth-order valence-corrected chi connectivity index (χ4v) is 3.68. The van der Waals surface area contributed by atoms with Gasteiger partial charge in [0.1, 0.15) is 11.5 Å². The number of halogens is 1. The number of amides is 1. The summed E-state index contributed by atoms with van der Waals surface area (Å²) in [5.74, 6) is -4.12. The monoisotopic (exact) mass is 619 g/mol. The molecule has 0 unspecified atom stereocenters. The molecule has 11 heteroatoms. The molecule has 192 valence electrons. The Labute approximate surface area is 225 Å². The van der Waals surface area contributed by atoms with Crippen molar-refractivity contribution in [2.75, 3.05) is 19.5 Å². The number of nitrogens with one attached hydrogen (secondary N) is 1. The second-order valence-electron chi connectivity index (χ2n) is 7.45. The normalized spacial score (nSPS) is 12.0. The number of rotatable bonds is 10. The second kappa shape index (κ2) is 12.7. The van der Waals surface area contributed by atoms with Gasteiger partial charge in [0.2, 0.25) is 12.2 Å². The molecule has 0 spiro atoms. The molecule has 37 heavy (non-hydrogen) atoms.